The average molecular weight is 220 g/mol. The maximum atomic E-state index is 11.5. The summed E-state index contributed by atoms with van der Waals surface area (Å²) in [5.74, 6) is 0.231. The molecule has 0 radical (unpaired) electrons. The molecule has 0 saturated carbocycles. The molecule has 15 heavy (non-hydrogen) atoms. The number of pyridine rings is 1. The number of rotatable bonds is 2. The van der Waals surface area contributed by atoms with Gasteiger partial charge in [0.2, 0.25) is 0 Å². The van der Waals surface area contributed by atoms with E-state index in [-0.39, 0.29) is 5.91 Å². The number of aromatic nitrogens is 3. The van der Waals surface area contributed by atoms with Crippen molar-refractivity contribution in [2.24, 2.45) is 0 Å². The first-order valence-electron chi connectivity index (χ1n) is 4.27. The Balaban J connectivity index is 2.13. The first-order chi connectivity index (χ1) is 7.25. The van der Waals surface area contributed by atoms with Gasteiger partial charge < -0.3 is 5.32 Å². The predicted molar refractivity (Wildman–Crippen MR) is 56.8 cm³/mol. The lowest BCUT2D eigenvalue weighted by Gasteiger charge is -2.01. The third kappa shape index (κ3) is 2.35. The molecule has 0 bridgehead atoms. The van der Waals surface area contributed by atoms with E-state index in [1.165, 1.54) is 6.20 Å². The molecule has 0 aliphatic carbocycles. The molecule has 0 aliphatic heterocycles. The number of carbonyl (C=O) groups is 1. The summed E-state index contributed by atoms with van der Waals surface area (Å²) < 4.78 is 7.58. The minimum absolute atomic E-state index is 0.290. The van der Waals surface area contributed by atoms with Crippen LogP contribution in [-0.2, 0) is 0 Å². The Kier molecular flexibility index (Phi) is 2.68. The summed E-state index contributed by atoms with van der Waals surface area (Å²) >= 11 is 1.00. The molecular weight excluding hydrogens is 212 g/mol. The molecule has 0 atom stereocenters. The van der Waals surface area contributed by atoms with E-state index in [1.54, 1.807) is 12.3 Å². The van der Waals surface area contributed by atoms with Crippen LogP contribution in [0.15, 0.2) is 24.5 Å². The summed E-state index contributed by atoms with van der Waals surface area (Å²) in [5, 5.41) is 2.64. The van der Waals surface area contributed by atoms with Crippen molar-refractivity contribution < 1.29 is 4.79 Å². The van der Waals surface area contributed by atoms with Crippen molar-refractivity contribution in [1.82, 2.24) is 13.7 Å². The molecule has 6 heteroatoms. The lowest BCUT2D eigenvalue weighted by molar-refractivity contribution is 0.102. The van der Waals surface area contributed by atoms with Gasteiger partial charge in [-0.25, -0.2) is 4.98 Å². The number of nitrogens with one attached hydrogen (secondary N) is 1. The first-order valence-corrected chi connectivity index (χ1v) is 5.00. The molecule has 76 valence electrons. The molecule has 0 unspecified atom stereocenters. The normalized spacial score (nSPS) is 9.93. The molecule has 2 rings (SSSR count). The van der Waals surface area contributed by atoms with E-state index in [9.17, 15) is 4.79 Å². The fourth-order valence-corrected chi connectivity index (χ4v) is 1.46. The van der Waals surface area contributed by atoms with Crippen molar-refractivity contribution in [2.75, 3.05) is 5.32 Å². The van der Waals surface area contributed by atoms with Crippen LogP contribution in [0.1, 0.15) is 16.1 Å². The predicted octanol–water partition coefficient (Wildman–Crippen LogP) is 1.49. The number of hydrogen-bond donors (Lipinski definition) is 1. The SMILES string of the molecule is Cc1ccnc(NC(=O)c2cnsn2)c1. The van der Waals surface area contributed by atoms with Crippen LogP contribution >= 0.6 is 11.7 Å². The lowest BCUT2D eigenvalue weighted by Crippen LogP contribution is -2.13. The van der Waals surface area contributed by atoms with Crippen LogP contribution in [-0.4, -0.2) is 19.6 Å². The molecular formula is C9H8N4OS. The molecule has 2 aromatic heterocycles. The van der Waals surface area contributed by atoms with Crippen LogP contribution in [0.5, 0.6) is 0 Å². The Morgan fingerprint density at radius 2 is 2.40 bits per heavy atom. The Labute approximate surface area is 90.5 Å². The minimum atomic E-state index is -0.290. The molecule has 0 fully saturated rings. The van der Waals surface area contributed by atoms with Crippen LogP contribution in [0.25, 0.3) is 0 Å². The second-order valence-corrected chi connectivity index (χ2v) is 3.52. The van der Waals surface area contributed by atoms with E-state index in [1.807, 2.05) is 13.0 Å². The monoisotopic (exact) mass is 220 g/mol. The van der Waals surface area contributed by atoms with Crippen molar-refractivity contribution in [3.05, 3.63) is 35.8 Å². The number of anilines is 1. The quantitative estimate of drug-likeness (QED) is 0.832. The number of hydrogen-bond acceptors (Lipinski definition) is 5. The second kappa shape index (κ2) is 4.14. The van der Waals surface area contributed by atoms with E-state index < -0.39 is 0 Å². The van der Waals surface area contributed by atoms with Crippen molar-refractivity contribution in [3.8, 4) is 0 Å². The van der Waals surface area contributed by atoms with Gasteiger partial charge in [0, 0.05) is 6.20 Å². The van der Waals surface area contributed by atoms with Gasteiger partial charge in [-0.1, -0.05) is 0 Å². The highest BCUT2D eigenvalue weighted by Gasteiger charge is 2.09. The smallest absolute Gasteiger partial charge is 0.278 e. The highest BCUT2D eigenvalue weighted by atomic mass is 32.1. The lowest BCUT2D eigenvalue weighted by atomic mass is 10.3. The summed E-state index contributed by atoms with van der Waals surface area (Å²) in [6.45, 7) is 1.93. The highest BCUT2D eigenvalue weighted by molar-refractivity contribution is 6.99. The van der Waals surface area contributed by atoms with Crippen LogP contribution in [0.2, 0.25) is 0 Å². The molecule has 2 aromatic rings. The van der Waals surface area contributed by atoms with E-state index in [0.29, 0.717) is 11.5 Å². The van der Waals surface area contributed by atoms with E-state index in [2.05, 4.69) is 19.0 Å². The number of nitrogens with zero attached hydrogens (tertiary/aromatic N) is 3. The summed E-state index contributed by atoms with van der Waals surface area (Å²) in [6, 6.07) is 3.65. The summed E-state index contributed by atoms with van der Waals surface area (Å²) in [5.41, 5.74) is 1.35. The van der Waals surface area contributed by atoms with Gasteiger partial charge >= 0.3 is 0 Å². The number of aryl methyl sites for hydroxylation is 1. The topological polar surface area (TPSA) is 67.8 Å². The number of amides is 1. The van der Waals surface area contributed by atoms with Crippen molar-refractivity contribution in [1.29, 1.82) is 0 Å². The summed E-state index contributed by atoms with van der Waals surface area (Å²) in [6.07, 6.45) is 3.07. The van der Waals surface area contributed by atoms with E-state index >= 15 is 0 Å². The standard InChI is InChI=1S/C9H8N4OS/c1-6-2-3-10-8(4-6)12-9(14)7-5-11-15-13-7/h2-5H,1H3,(H,10,12,14). The van der Waals surface area contributed by atoms with Gasteiger partial charge in [0.25, 0.3) is 5.91 Å². The summed E-state index contributed by atoms with van der Waals surface area (Å²) in [4.78, 5) is 15.6. The van der Waals surface area contributed by atoms with Crippen LogP contribution in [0.4, 0.5) is 5.82 Å². The molecule has 0 aliphatic rings. The molecule has 2 heterocycles. The Morgan fingerprint density at radius 1 is 1.53 bits per heavy atom. The van der Waals surface area contributed by atoms with E-state index in [4.69, 9.17) is 0 Å². The minimum Gasteiger partial charge on any atom is -0.305 e. The van der Waals surface area contributed by atoms with Gasteiger partial charge in [-0.05, 0) is 24.6 Å². The number of carbonyl (C=O) groups excluding carboxylic acids is 1. The zero-order chi connectivity index (χ0) is 10.7. The van der Waals surface area contributed by atoms with Gasteiger partial charge in [0.15, 0.2) is 5.69 Å². The van der Waals surface area contributed by atoms with Crippen molar-refractivity contribution >= 4 is 23.5 Å². The maximum absolute atomic E-state index is 11.5. The van der Waals surface area contributed by atoms with Gasteiger partial charge in [0.05, 0.1) is 17.9 Å². The van der Waals surface area contributed by atoms with Crippen LogP contribution in [0.3, 0.4) is 0 Å². The molecule has 5 nitrogen and oxygen atoms in total. The van der Waals surface area contributed by atoms with Gasteiger partial charge in [-0.2, -0.15) is 8.75 Å². The van der Waals surface area contributed by atoms with E-state index in [0.717, 1.165) is 17.3 Å². The Bertz CT molecular complexity index is 469. The zero-order valence-electron chi connectivity index (χ0n) is 7.97. The van der Waals surface area contributed by atoms with Crippen molar-refractivity contribution in [2.45, 2.75) is 6.92 Å². The van der Waals surface area contributed by atoms with Gasteiger partial charge in [0.1, 0.15) is 5.82 Å². The van der Waals surface area contributed by atoms with Gasteiger partial charge in [-0.15, -0.1) is 0 Å². The maximum Gasteiger partial charge on any atom is 0.278 e. The molecule has 1 amide bonds. The molecule has 0 aromatic carbocycles. The largest absolute Gasteiger partial charge is 0.305 e. The first kappa shape index (κ1) is 9.72. The fourth-order valence-electron chi connectivity index (χ4n) is 1.05. The second-order valence-electron chi connectivity index (χ2n) is 2.97. The highest BCUT2D eigenvalue weighted by Crippen LogP contribution is 2.07. The van der Waals surface area contributed by atoms with Crippen LogP contribution < -0.4 is 5.32 Å². The Hall–Kier alpha value is -1.82. The third-order valence-corrected chi connectivity index (χ3v) is 2.23. The fraction of sp³-hybridized carbons (Fsp3) is 0.111. The third-order valence-electron chi connectivity index (χ3n) is 1.75. The Morgan fingerprint density at radius 3 is 3.07 bits per heavy atom. The molecule has 1 N–H and O–H groups in total. The average Bonchev–Trinajstić information content (AvgIpc) is 2.70. The molecule has 0 saturated heterocycles. The summed E-state index contributed by atoms with van der Waals surface area (Å²) in [7, 11) is 0. The zero-order valence-corrected chi connectivity index (χ0v) is 8.78. The van der Waals surface area contributed by atoms with Crippen molar-refractivity contribution in [3.63, 3.8) is 0 Å². The molecule has 0 spiro atoms. The van der Waals surface area contributed by atoms with Crippen LogP contribution in [0, 0.1) is 6.92 Å². The van der Waals surface area contributed by atoms with Gasteiger partial charge in [-0.3, -0.25) is 4.79 Å².